The summed E-state index contributed by atoms with van der Waals surface area (Å²) in [6.45, 7) is 8.37. The molecular formula is C29H32N2O4S. The Labute approximate surface area is 215 Å². The highest BCUT2D eigenvalue weighted by Crippen LogP contribution is 2.33. The number of aromatic nitrogens is 1. The van der Waals surface area contributed by atoms with Gasteiger partial charge < -0.3 is 9.47 Å². The number of fused-ring (bicyclic) bond motifs is 1. The number of esters is 1. The summed E-state index contributed by atoms with van der Waals surface area (Å²) in [5.41, 5.74) is 3.90. The number of ether oxygens (including phenoxy) is 2. The average Bonchev–Trinajstić information content (AvgIpc) is 3.18. The van der Waals surface area contributed by atoms with Gasteiger partial charge in [0.05, 0.1) is 35.6 Å². The molecular weight excluding hydrogens is 472 g/mol. The minimum Gasteiger partial charge on any atom is -0.497 e. The molecule has 0 bridgehead atoms. The highest BCUT2D eigenvalue weighted by atomic mass is 32.1. The summed E-state index contributed by atoms with van der Waals surface area (Å²) in [4.78, 5) is 32.4. The lowest BCUT2D eigenvalue weighted by Gasteiger charge is -2.26. The van der Waals surface area contributed by atoms with E-state index in [0.717, 1.165) is 23.3 Å². The van der Waals surface area contributed by atoms with Gasteiger partial charge in [0.2, 0.25) is 0 Å². The third kappa shape index (κ3) is 5.07. The molecule has 2 aromatic carbocycles. The molecule has 0 aliphatic carbocycles. The van der Waals surface area contributed by atoms with E-state index in [1.54, 1.807) is 18.6 Å². The number of hydrogen-bond acceptors (Lipinski definition) is 6. The van der Waals surface area contributed by atoms with Crippen LogP contribution in [0, 0.1) is 0 Å². The number of allylic oxidation sites excluding steroid dienone is 1. The number of hydrogen-bond donors (Lipinski definition) is 0. The van der Waals surface area contributed by atoms with Crippen LogP contribution < -0.4 is 19.6 Å². The number of nitrogens with zero attached hydrogens (tertiary/aromatic N) is 2. The lowest BCUT2D eigenvalue weighted by atomic mass is 9.92. The van der Waals surface area contributed by atoms with E-state index in [0.29, 0.717) is 32.9 Å². The molecule has 188 valence electrons. The first-order chi connectivity index (χ1) is 17.4. The molecule has 2 heterocycles. The van der Waals surface area contributed by atoms with Crippen LogP contribution in [0.3, 0.4) is 0 Å². The van der Waals surface area contributed by atoms with Crippen LogP contribution in [0.5, 0.6) is 5.75 Å². The minimum atomic E-state index is -0.596. The zero-order valence-corrected chi connectivity index (χ0v) is 22.2. The molecule has 0 unspecified atom stereocenters. The molecule has 0 fully saturated rings. The molecule has 1 aliphatic rings. The smallest absolute Gasteiger partial charge is 0.338 e. The summed E-state index contributed by atoms with van der Waals surface area (Å²) in [7, 11) is 1.62. The van der Waals surface area contributed by atoms with Gasteiger partial charge in [-0.15, -0.1) is 0 Å². The van der Waals surface area contributed by atoms with Gasteiger partial charge >= 0.3 is 5.97 Å². The van der Waals surface area contributed by atoms with E-state index in [9.17, 15) is 9.59 Å². The van der Waals surface area contributed by atoms with Crippen molar-refractivity contribution in [3.63, 3.8) is 0 Å². The van der Waals surface area contributed by atoms with Crippen molar-refractivity contribution in [3.8, 4) is 5.75 Å². The first-order valence-corrected chi connectivity index (χ1v) is 13.1. The van der Waals surface area contributed by atoms with Gasteiger partial charge in [0.15, 0.2) is 4.80 Å². The van der Waals surface area contributed by atoms with Crippen LogP contribution in [0.25, 0.3) is 6.08 Å². The van der Waals surface area contributed by atoms with Gasteiger partial charge in [0.25, 0.3) is 5.56 Å². The summed E-state index contributed by atoms with van der Waals surface area (Å²) in [6, 6.07) is 15.1. The Bertz CT molecular complexity index is 1440. The zero-order valence-electron chi connectivity index (χ0n) is 21.4. The van der Waals surface area contributed by atoms with Crippen LogP contribution in [0.2, 0.25) is 0 Å². The van der Waals surface area contributed by atoms with Crippen LogP contribution >= 0.6 is 11.3 Å². The first kappa shape index (κ1) is 25.6. The number of benzene rings is 2. The molecule has 0 saturated heterocycles. The highest BCUT2D eigenvalue weighted by Gasteiger charge is 2.34. The van der Waals surface area contributed by atoms with Crippen LogP contribution in [-0.2, 0) is 9.53 Å². The topological polar surface area (TPSA) is 69.9 Å². The van der Waals surface area contributed by atoms with Gasteiger partial charge in [-0.3, -0.25) is 9.36 Å². The fourth-order valence-electron chi connectivity index (χ4n) is 4.35. The lowest BCUT2D eigenvalue weighted by Crippen LogP contribution is -2.40. The number of carbonyl (C=O) groups excluding carboxylic acids is 1. The Morgan fingerprint density at radius 1 is 1.11 bits per heavy atom. The Kier molecular flexibility index (Phi) is 7.89. The molecule has 1 aromatic heterocycles. The Balaban J connectivity index is 1.94. The predicted octanol–water partition coefficient (Wildman–Crippen LogP) is 4.71. The van der Waals surface area contributed by atoms with Crippen LogP contribution in [-0.4, -0.2) is 24.3 Å². The lowest BCUT2D eigenvalue weighted by molar-refractivity contribution is -0.139. The van der Waals surface area contributed by atoms with E-state index < -0.39 is 12.0 Å². The minimum absolute atomic E-state index is 0.176. The fraction of sp³-hybridized carbons (Fsp3) is 0.345. The molecule has 0 radical (unpaired) electrons. The van der Waals surface area contributed by atoms with E-state index in [2.05, 4.69) is 32.9 Å². The number of rotatable bonds is 8. The van der Waals surface area contributed by atoms with Crippen molar-refractivity contribution in [3.05, 3.63) is 96.2 Å². The highest BCUT2D eigenvalue weighted by molar-refractivity contribution is 7.07. The average molecular weight is 505 g/mol. The molecule has 3 aromatic rings. The molecule has 1 atom stereocenters. The van der Waals surface area contributed by atoms with Crippen molar-refractivity contribution in [2.24, 2.45) is 4.99 Å². The second-order valence-corrected chi connectivity index (χ2v) is 10.0. The normalized spacial score (nSPS) is 15.6. The number of methoxy groups -OCH3 is 1. The van der Waals surface area contributed by atoms with Crippen LogP contribution in [0.4, 0.5) is 0 Å². The van der Waals surface area contributed by atoms with Gasteiger partial charge in [0, 0.05) is 0 Å². The van der Waals surface area contributed by atoms with Gasteiger partial charge in [-0.2, -0.15) is 0 Å². The standard InChI is InChI=1S/C29H32N2O4S/c1-6-8-23-25(28(33)35-7-2)26(21-13-11-20(12-14-21)18(3)4)31-27(32)24(36-29(31)30-23)17-19-9-15-22(34-5)16-10-19/h9-18,26H,6-8H2,1-5H3/b24-17-/t26-/m1/s1. The van der Waals surface area contributed by atoms with E-state index in [1.807, 2.05) is 42.5 Å². The second kappa shape index (κ2) is 11.1. The predicted molar refractivity (Wildman–Crippen MR) is 143 cm³/mol. The SMILES string of the molecule is CCCC1=C(C(=O)OCC)[C@@H](c2ccc(C(C)C)cc2)n2c(s/c(=C\c3ccc(OC)cc3)c2=O)=N1. The second-order valence-electron chi connectivity index (χ2n) is 9.01. The summed E-state index contributed by atoms with van der Waals surface area (Å²) in [6.07, 6.45) is 3.30. The van der Waals surface area contributed by atoms with E-state index in [-0.39, 0.29) is 12.2 Å². The van der Waals surface area contributed by atoms with Crippen molar-refractivity contribution < 1.29 is 14.3 Å². The van der Waals surface area contributed by atoms with Gasteiger partial charge in [0.1, 0.15) is 5.75 Å². The molecule has 0 saturated carbocycles. The van der Waals surface area contributed by atoms with Gasteiger partial charge in [-0.1, -0.05) is 74.9 Å². The summed E-state index contributed by atoms with van der Waals surface area (Å²) in [5.74, 6) is 0.704. The monoisotopic (exact) mass is 504 g/mol. The third-order valence-electron chi connectivity index (χ3n) is 6.22. The summed E-state index contributed by atoms with van der Waals surface area (Å²) < 4.78 is 12.9. The van der Waals surface area contributed by atoms with Crippen molar-refractivity contribution in [1.82, 2.24) is 4.57 Å². The largest absolute Gasteiger partial charge is 0.497 e. The molecule has 7 heteroatoms. The Morgan fingerprint density at radius 3 is 2.39 bits per heavy atom. The van der Waals surface area contributed by atoms with Crippen molar-refractivity contribution in [1.29, 1.82) is 0 Å². The molecule has 36 heavy (non-hydrogen) atoms. The third-order valence-corrected chi connectivity index (χ3v) is 7.21. The van der Waals surface area contributed by atoms with Crippen molar-refractivity contribution >= 4 is 23.4 Å². The molecule has 0 N–H and O–H groups in total. The van der Waals surface area contributed by atoms with E-state index in [1.165, 1.54) is 16.9 Å². The number of carbonyl (C=O) groups is 1. The zero-order chi connectivity index (χ0) is 25.8. The summed E-state index contributed by atoms with van der Waals surface area (Å²) in [5, 5.41) is 0. The Morgan fingerprint density at radius 2 is 1.81 bits per heavy atom. The molecule has 4 rings (SSSR count). The maximum absolute atomic E-state index is 13.8. The Hall–Kier alpha value is -3.45. The van der Waals surface area contributed by atoms with Crippen molar-refractivity contribution in [2.45, 2.75) is 52.5 Å². The van der Waals surface area contributed by atoms with Crippen molar-refractivity contribution in [2.75, 3.05) is 13.7 Å². The fourth-order valence-corrected chi connectivity index (χ4v) is 5.37. The van der Waals surface area contributed by atoms with Crippen LogP contribution in [0.15, 0.2) is 69.6 Å². The summed E-state index contributed by atoms with van der Waals surface area (Å²) >= 11 is 1.34. The molecule has 1 aliphatic heterocycles. The molecule has 6 nitrogen and oxygen atoms in total. The quantitative estimate of drug-likeness (QED) is 0.417. The van der Waals surface area contributed by atoms with Gasteiger partial charge in [-0.05, 0) is 54.2 Å². The maximum Gasteiger partial charge on any atom is 0.338 e. The molecule has 0 amide bonds. The number of thiazole rings is 1. The van der Waals surface area contributed by atoms with Crippen LogP contribution in [0.1, 0.15) is 69.2 Å². The first-order valence-electron chi connectivity index (χ1n) is 12.3. The van der Waals surface area contributed by atoms with E-state index in [4.69, 9.17) is 14.5 Å². The van der Waals surface area contributed by atoms with Gasteiger partial charge in [-0.25, -0.2) is 9.79 Å². The molecule has 0 spiro atoms. The van der Waals surface area contributed by atoms with E-state index >= 15 is 0 Å². The maximum atomic E-state index is 13.8.